The highest BCUT2D eigenvalue weighted by molar-refractivity contribution is 9.10. The van der Waals surface area contributed by atoms with E-state index in [2.05, 4.69) is 36.0 Å². The van der Waals surface area contributed by atoms with Crippen LogP contribution in [-0.2, 0) is 0 Å². The van der Waals surface area contributed by atoms with Crippen LogP contribution < -0.4 is 15.8 Å². The highest BCUT2D eigenvalue weighted by Crippen LogP contribution is 2.33. The molecule has 0 unspecified atom stereocenters. The first-order valence-corrected chi connectivity index (χ1v) is 6.02. The van der Waals surface area contributed by atoms with Crippen molar-refractivity contribution >= 4 is 33.1 Å². The quantitative estimate of drug-likeness (QED) is 0.888. The van der Waals surface area contributed by atoms with Crippen LogP contribution in [0.2, 0.25) is 0 Å². The standard InChI is InChI=1S/C11H8BrF3N4O/c12-7-3-6(1-2-9(7)20-11(13,14)15)19-10-8(16)4-17-5-18-10/h1-5H,16H2,(H,17,18,19). The lowest BCUT2D eigenvalue weighted by Crippen LogP contribution is -2.17. The van der Waals surface area contributed by atoms with E-state index >= 15 is 0 Å². The van der Waals surface area contributed by atoms with Crippen LogP contribution in [0.5, 0.6) is 5.75 Å². The first-order chi connectivity index (χ1) is 9.35. The molecule has 0 saturated carbocycles. The van der Waals surface area contributed by atoms with Crippen LogP contribution in [0, 0.1) is 0 Å². The van der Waals surface area contributed by atoms with Crippen molar-refractivity contribution in [1.29, 1.82) is 0 Å². The minimum atomic E-state index is -4.74. The Hall–Kier alpha value is -2.03. The van der Waals surface area contributed by atoms with Crippen molar-refractivity contribution in [1.82, 2.24) is 9.97 Å². The number of anilines is 3. The molecule has 0 spiro atoms. The summed E-state index contributed by atoms with van der Waals surface area (Å²) in [4.78, 5) is 7.64. The summed E-state index contributed by atoms with van der Waals surface area (Å²) in [5.41, 5.74) is 6.46. The van der Waals surface area contributed by atoms with Gasteiger partial charge in [-0.05, 0) is 34.1 Å². The molecule has 20 heavy (non-hydrogen) atoms. The van der Waals surface area contributed by atoms with E-state index < -0.39 is 6.36 Å². The van der Waals surface area contributed by atoms with Gasteiger partial charge in [0.1, 0.15) is 12.1 Å². The number of hydrogen-bond acceptors (Lipinski definition) is 5. The smallest absolute Gasteiger partial charge is 0.405 e. The molecule has 3 N–H and O–H groups in total. The molecule has 106 valence electrons. The minimum absolute atomic E-state index is 0.146. The van der Waals surface area contributed by atoms with Crippen molar-refractivity contribution in [2.24, 2.45) is 0 Å². The Bertz CT molecular complexity index is 621. The number of ether oxygens (including phenoxy) is 1. The van der Waals surface area contributed by atoms with Gasteiger partial charge in [0.2, 0.25) is 0 Å². The molecular weight excluding hydrogens is 341 g/mol. The number of nitrogens with zero attached hydrogens (tertiary/aromatic N) is 2. The molecule has 9 heteroatoms. The molecule has 1 aromatic carbocycles. The molecule has 2 rings (SSSR count). The van der Waals surface area contributed by atoms with Crippen molar-refractivity contribution in [2.75, 3.05) is 11.1 Å². The lowest BCUT2D eigenvalue weighted by molar-refractivity contribution is -0.274. The third-order valence-electron chi connectivity index (χ3n) is 2.16. The Labute approximate surface area is 120 Å². The summed E-state index contributed by atoms with van der Waals surface area (Å²) < 4.78 is 40.4. The van der Waals surface area contributed by atoms with E-state index in [1.807, 2.05) is 0 Å². The summed E-state index contributed by atoms with van der Waals surface area (Å²) in [6, 6.07) is 4.01. The Kier molecular flexibility index (Phi) is 3.98. The second-order valence-electron chi connectivity index (χ2n) is 3.64. The van der Waals surface area contributed by atoms with E-state index in [0.717, 1.165) is 0 Å². The van der Waals surface area contributed by atoms with Gasteiger partial charge >= 0.3 is 6.36 Å². The van der Waals surface area contributed by atoms with Gasteiger partial charge in [0.15, 0.2) is 5.82 Å². The predicted molar refractivity (Wildman–Crippen MR) is 70.6 cm³/mol. The van der Waals surface area contributed by atoms with Gasteiger partial charge in [-0.2, -0.15) is 0 Å². The van der Waals surface area contributed by atoms with Crippen molar-refractivity contribution in [2.45, 2.75) is 6.36 Å². The van der Waals surface area contributed by atoms with E-state index in [1.54, 1.807) is 0 Å². The van der Waals surface area contributed by atoms with Crippen LogP contribution in [0.4, 0.5) is 30.4 Å². The molecule has 1 heterocycles. The van der Waals surface area contributed by atoms with Gasteiger partial charge in [0.05, 0.1) is 16.4 Å². The first kappa shape index (κ1) is 14.4. The number of benzene rings is 1. The SMILES string of the molecule is Nc1cncnc1Nc1ccc(OC(F)(F)F)c(Br)c1. The molecule has 5 nitrogen and oxygen atoms in total. The highest BCUT2D eigenvalue weighted by atomic mass is 79.9. The number of alkyl halides is 3. The fourth-order valence-electron chi connectivity index (χ4n) is 1.37. The zero-order valence-electron chi connectivity index (χ0n) is 9.78. The number of aromatic nitrogens is 2. The third kappa shape index (κ3) is 3.73. The molecule has 0 aliphatic rings. The highest BCUT2D eigenvalue weighted by Gasteiger charge is 2.31. The Morgan fingerprint density at radius 1 is 1.30 bits per heavy atom. The van der Waals surface area contributed by atoms with E-state index in [1.165, 1.54) is 30.7 Å². The Balaban J connectivity index is 2.19. The zero-order chi connectivity index (χ0) is 14.8. The second kappa shape index (κ2) is 5.53. The molecule has 0 radical (unpaired) electrons. The van der Waals surface area contributed by atoms with Crippen molar-refractivity contribution < 1.29 is 17.9 Å². The van der Waals surface area contributed by atoms with Gasteiger partial charge in [0, 0.05) is 5.69 Å². The zero-order valence-corrected chi connectivity index (χ0v) is 11.4. The maximum absolute atomic E-state index is 12.1. The van der Waals surface area contributed by atoms with Crippen LogP contribution in [-0.4, -0.2) is 16.3 Å². The predicted octanol–water partition coefficient (Wildman–Crippen LogP) is 3.46. The number of rotatable bonds is 3. The number of halogens is 4. The number of nitrogens with one attached hydrogen (secondary N) is 1. The molecule has 0 aliphatic carbocycles. The Morgan fingerprint density at radius 2 is 2.05 bits per heavy atom. The monoisotopic (exact) mass is 348 g/mol. The van der Waals surface area contributed by atoms with Crippen LogP contribution in [0.3, 0.4) is 0 Å². The van der Waals surface area contributed by atoms with Crippen LogP contribution in [0.1, 0.15) is 0 Å². The average Bonchev–Trinajstić information content (AvgIpc) is 2.34. The summed E-state index contributed by atoms with van der Waals surface area (Å²) >= 11 is 3.00. The van der Waals surface area contributed by atoms with E-state index in [-0.39, 0.29) is 10.2 Å². The van der Waals surface area contributed by atoms with E-state index in [9.17, 15) is 13.2 Å². The van der Waals surface area contributed by atoms with Crippen LogP contribution in [0.25, 0.3) is 0 Å². The molecule has 0 fully saturated rings. The van der Waals surface area contributed by atoms with Gasteiger partial charge in [0.25, 0.3) is 0 Å². The van der Waals surface area contributed by atoms with Gasteiger partial charge < -0.3 is 15.8 Å². The molecule has 1 aromatic heterocycles. The fraction of sp³-hybridized carbons (Fsp3) is 0.0909. The molecule has 0 amide bonds. The molecule has 0 bridgehead atoms. The molecule has 2 aromatic rings. The number of hydrogen-bond donors (Lipinski definition) is 2. The maximum atomic E-state index is 12.1. The maximum Gasteiger partial charge on any atom is 0.573 e. The average molecular weight is 349 g/mol. The van der Waals surface area contributed by atoms with Crippen molar-refractivity contribution in [3.8, 4) is 5.75 Å². The summed E-state index contributed by atoms with van der Waals surface area (Å²) in [7, 11) is 0. The summed E-state index contributed by atoms with van der Waals surface area (Å²) in [6.07, 6.45) is -2.03. The van der Waals surface area contributed by atoms with E-state index in [0.29, 0.717) is 17.2 Å². The normalized spacial score (nSPS) is 11.2. The minimum Gasteiger partial charge on any atom is -0.405 e. The fourth-order valence-corrected chi connectivity index (χ4v) is 1.83. The topological polar surface area (TPSA) is 73.1 Å². The lowest BCUT2D eigenvalue weighted by atomic mass is 10.3. The summed E-state index contributed by atoms with van der Waals surface area (Å²) in [5.74, 6) is 0.0232. The van der Waals surface area contributed by atoms with Gasteiger partial charge in [-0.1, -0.05) is 0 Å². The van der Waals surface area contributed by atoms with Gasteiger partial charge in [-0.15, -0.1) is 13.2 Å². The number of nitrogen functional groups attached to an aromatic ring is 1. The summed E-state index contributed by atoms with van der Waals surface area (Å²) in [5, 5.41) is 2.86. The molecular formula is C11H8BrF3N4O. The molecule has 0 atom stereocenters. The second-order valence-corrected chi connectivity index (χ2v) is 4.50. The van der Waals surface area contributed by atoms with E-state index in [4.69, 9.17) is 5.73 Å². The molecule has 0 aliphatic heterocycles. The molecule has 0 saturated heterocycles. The first-order valence-electron chi connectivity index (χ1n) is 5.23. The lowest BCUT2D eigenvalue weighted by Gasteiger charge is -2.12. The summed E-state index contributed by atoms with van der Waals surface area (Å²) in [6.45, 7) is 0. The van der Waals surface area contributed by atoms with Crippen molar-refractivity contribution in [3.63, 3.8) is 0 Å². The number of nitrogens with two attached hydrogens (primary N) is 1. The Morgan fingerprint density at radius 3 is 2.65 bits per heavy atom. The third-order valence-corrected chi connectivity index (χ3v) is 2.78. The van der Waals surface area contributed by atoms with Crippen LogP contribution in [0.15, 0.2) is 35.2 Å². The van der Waals surface area contributed by atoms with Crippen LogP contribution >= 0.6 is 15.9 Å². The largest absolute Gasteiger partial charge is 0.573 e. The van der Waals surface area contributed by atoms with Gasteiger partial charge in [-0.3, -0.25) is 0 Å². The van der Waals surface area contributed by atoms with Gasteiger partial charge in [-0.25, -0.2) is 9.97 Å². The van der Waals surface area contributed by atoms with Crippen molar-refractivity contribution in [3.05, 3.63) is 35.2 Å².